The van der Waals surface area contributed by atoms with Crippen LogP contribution < -0.4 is 9.47 Å². The third-order valence-corrected chi connectivity index (χ3v) is 4.34. The quantitative estimate of drug-likeness (QED) is 0.734. The summed E-state index contributed by atoms with van der Waals surface area (Å²) in [5.74, 6) is 0.351. The van der Waals surface area contributed by atoms with Gasteiger partial charge in [-0.2, -0.15) is 5.10 Å². The maximum Gasteiger partial charge on any atom is 0.344 e. The van der Waals surface area contributed by atoms with Crippen LogP contribution in [0.3, 0.4) is 0 Å². The highest BCUT2D eigenvalue weighted by atomic mass is 16.5. The van der Waals surface area contributed by atoms with Gasteiger partial charge < -0.3 is 14.6 Å². The third-order valence-electron chi connectivity index (χ3n) is 4.34. The lowest BCUT2D eigenvalue weighted by Gasteiger charge is -2.25. The number of pyridine rings is 1. The molecule has 132 valence electrons. The van der Waals surface area contributed by atoms with Gasteiger partial charge in [0, 0.05) is 11.8 Å². The third kappa shape index (κ3) is 3.23. The van der Waals surface area contributed by atoms with Gasteiger partial charge >= 0.3 is 5.97 Å². The molecule has 0 aliphatic carbocycles. The number of aromatic amines is 1. The summed E-state index contributed by atoms with van der Waals surface area (Å²) in [5, 5.41) is 15.9. The van der Waals surface area contributed by atoms with Crippen LogP contribution in [0, 0.1) is 0 Å². The van der Waals surface area contributed by atoms with E-state index in [1.807, 2.05) is 30.3 Å². The minimum Gasteiger partial charge on any atom is -0.487 e. The number of benzene rings is 1. The van der Waals surface area contributed by atoms with Crippen molar-refractivity contribution in [3.8, 4) is 22.9 Å². The molecule has 1 unspecified atom stereocenters. The fraction of sp³-hybridized carbons (Fsp3) is 0.211. The van der Waals surface area contributed by atoms with E-state index in [0.29, 0.717) is 30.9 Å². The van der Waals surface area contributed by atoms with Crippen molar-refractivity contribution in [1.82, 2.24) is 15.2 Å². The Labute approximate surface area is 149 Å². The van der Waals surface area contributed by atoms with Gasteiger partial charge in [-0.25, -0.2) is 4.79 Å². The molecule has 2 aromatic heterocycles. The maximum absolute atomic E-state index is 11.1. The van der Waals surface area contributed by atoms with Gasteiger partial charge in [-0.1, -0.05) is 12.1 Å². The largest absolute Gasteiger partial charge is 0.487 e. The van der Waals surface area contributed by atoms with Gasteiger partial charge in [0.05, 0.1) is 17.6 Å². The zero-order valence-corrected chi connectivity index (χ0v) is 13.9. The van der Waals surface area contributed by atoms with Crippen molar-refractivity contribution in [2.24, 2.45) is 0 Å². The normalized spacial score (nSPS) is 15.8. The number of carbonyl (C=O) groups is 1. The first kappa shape index (κ1) is 16.1. The van der Waals surface area contributed by atoms with Gasteiger partial charge in [-0.3, -0.25) is 10.1 Å². The highest BCUT2D eigenvalue weighted by Crippen LogP contribution is 2.31. The lowest BCUT2D eigenvalue weighted by molar-refractivity contribution is -0.145. The van der Waals surface area contributed by atoms with Crippen molar-refractivity contribution in [3.05, 3.63) is 59.9 Å². The van der Waals surface area contributed by atoms with Gasteiger partial charge in [0.25, 0.3) is 0 Å². The number of hydrogen-bond acceptors (Lipinski definition) is 5. The molecule has 1 aliphatic rings. The molecular weight excluding hydrogens is 334 g/mol. The predicted octanol–water partition coefficient (Wildman–Crippen LogP) is 2.83. The molecule has 1 aromatic carbocycles. The van der Waals surface area contributed by atoms with E-state index >= 15 is 0 Å². The van der Waals surface area contributed by atoms with Crippen molar-refractivity contribution in [1.29, 1.82) is 0 Å². The summed E-state index contributed by atoms with van der Waals surface area (Å²) in [6, 6.07) is 11.2. The number of ether oxygens (including phenoxy) is 2. The average Bonchev–Trinajstić information content (AvgIpc) is 3.21. The van der Waals surface area contributed by atoms with Gasteiger partial charge in [0.1, 0.15) is 18.1 Å². The Morgan fingerprint density at radius 3 is 2.96 bits per heavy atom. The van der Waals surface area contributed by atoms with Crippen molar-refractivity contribution in [2.45, 2.75) is 25.6 Å². The van der Waals surface area contributed by atoms with E-state index < -0.39 is 12.1 Å². The van der Waals surface area contributed by atoms with Crippen LogP contribution in [0.15, 0.2) is 48.8 Å². The number of H-pyrrole nitrogens is 1. The summed E-state index contributed by atoms with van der Waals surface area (Å²) >= 11 is 0. The van der Waals surface area contributed by atoms with Crippen LogP contribution in [0.25, 0.3) is 11.4 Å². The first-order valence-electron chi connectivity index (χ1n) is 8.29. The Bertz CT molecular complexity index is 907. The smallest absolute Gasteiger partial charge is 0.344 e. The van der Waals surface area contributed by atoms with E-state index in [1.165, 1.54) is 0 Å². The van der Waals surface area contributed by atoms with Crippen molar-refractivity contribution >= 4 is 5.97 Å². The van der Waals surface area contributed by atoms with E-state index in [1.54, 1.807) is 18.5 Å². The second-order valence-corrected chi connectivity index (χ2v) is 6.02. The lowest BCUT2D eigenvalue weighted by atomic mass is 9.97. The molecule has 7 heteroatoms. The summed E-state index contributed by atoms with van der Waals surface area (Å²) in [7, 11) is 0. The van der Waals surface area contributed by atoms with Gasteiger partial charge in [0.15, 0.2) is 6.10 Å². The molecule has 3 heterocycles. The summed E-state index contributed by atoms with van der Waals surface area (Å²) in [4.78, 5) is 15.5. The second kappa shape index (κ2) is 6.87. The van der Waals surface area contributed by atoms with Crippen LogP contribution in [0.2, 0.25) is 0 Å². The second-order valence-electron chi connectivity index (χ2n) is 6.02. The van der Waals surface area contributed by atoms with E-state index in [9.17, 15) is 4.79 Å². The fourth-order valence-corrected chi connectivity index (χ4v) is 2.99. The number of carboxylic acid groups (broad SMARTS) is 1. The van der Waals surface area contributed by atoms with Crippen LogP contribution >= 0.6 is 0 Å². The first-order chi connectivity index (χ1) is 12.7. The van der Waals surface area contributed by atoms with Crippen LogP contribution in [0.4, 0.5) is 0 Å². The number of aliphatic carboxylic acids is 1. The number of hydrogen-bond donors (Lipinski definition) is 2. The minimum atomic E-state index is -0.930. The van der Waals surface area contributed by atoms with E-state index in [0.717, 1.165) is 22.5 Å². The standard InChI is InChI=1S/C19H17N3O4/c23-19(24)18-7-5-14-12(2-1-3-17(14)26-18)11-25-13-4-6-15(20-10-13)16-8-9-21-22-16/h1-4,6,8-10,18H,5,7,11H2,(H,21,22)(H,23,24). The number of rotatable bonds is 5. The molecule has 0 spiro atoms. The van der Waals surface area contributed by atoms with E-state index in [2.05, 4.69) is 15.2 Å². The van der Waals surface area contributed by atoms with Crippen LogP contribution in [0.5, 0.6) is 11.5 Å². The summed E-state index contributed by atoms with van der Waals surface area (Å²) < 4.78 is 11.4. The van der Waals surface area contributed by atoms with E-state index in [4.69, 9.17) is 14.6 Å². The molecular formula is C19H17N3O4. The number of nitrogens with zero attached hydrogens (tertiary/aromatic N) is 2. The highest BCUT2D eigenvalue weighted by Gasteiger charge is 2.26. The molecule has 0 fully saturated rings. The Balaban J connectivity index is 1.45. The minimum absolute atomic E-state index is 0.370. The topological polar surface area (TPSA) is 97.3 Å². The summed E-state index contributed by atoms with van der Waals surface area (Å²) in [5.41, 5.74) is 3.63. The lowest BCUT2D eigenvalue weighted by Crippen LogP contribution is -2.31. The molecule has 0 amide bonds. The van der Waals surface area contributed by atoms with Gasteiger partial charge in [-0.05, 0) is 42.7 Å². The number of carboxylic acids is 1. The van der Waals surface area contributed by atoms with Gasteiger partial charge in [-0.15, -0.1) is 0 Å². The van der Waals surface area contributed by atoms with Crippen molar-refractivity contribution in [2.75, 3.05) is 0 Å². The average molecular weight is 351 g/mol. The molecule has 1 aliphatic heterocycles. The monoisotopic (exact) mass is 351 g/mol. The number of nitrogens with one attached hydrogen (secondary N) is 1. The first-order valence-corrected chi connectivity index (χ1v) is 8.29. The molecule has 3 aromatic rings. The predicted molar refractivity (Wildman–Crippen MR) is 93.0 cm³/mol. The zero-order valence-electron chi connectivity index (χ0n) is 13.9. The molecule has 0 saturated carbocycles. The molecule has 26 heavy (non-hydrogen) atoms. The zero-order chi connectivity index (χ0) is 17.9. The Morgan fingerprint density at radius 1 is 1.31 bits per heavy atom. The Kier molecular flexibility index (Phi) is 4.27. The molecule has 0 saturated heterocycles. The van der Waals surface area contributed by atoms with E-state index in [-0.39, 0.29) is 0 Å². The van der Waals surface area contributed by atoms with Crippen molar-refractivity contribution in [3.63, 3.8) is 0 Å². The molecule has 0 radical (unpaired) electrons. The maximum atomic E-state index is 11.1. The highest BCUT2D eigenvalue weighted by molar-refractivity contribution is 5.73. The fourth-order valence-electron chi connectivity index (χ4n) is 2.99. The molecule has 2 N–H and O–H groups in total. The van der Waals surface area contributed by atoms with Crippen LogP contribution in [-0.4, -0.2) is 32.4 Å². The summed E-state index contributed by atoms with van der Waals surface area (Å²) in [6.45, 7) is 0.370. The molecule has 7 nitrogen and oxygen atoms in total. The van der Waals surface area contributed by atoms with Crippen LogP contribution in [0.1, 0.15) is 17.5 Å². The Morgan fingerprint density at radius 2 is 2.23 bits per heavy atom. The number of aromatic nitrogens is 3. The Hall–Kier alpha value is -3.35. The molecule has 0 bridgehead atoms. The molecule has 4 rings (SSSR count). The van der Waals surface area contributed by atoms with Crippen molar-refractivity contribution < 1.29 is 19.4 Å². The molecule has 1 atom stereocenters. The number of fused-ring (bicyclic) bond motifs is 1. The van der Waals surface area contributed by atoms with Crippen LogP contribution in [-0.2, 0) is 17.8 Å². The van der Waals surface area contributed by atoms with Gasteiger partial charge in [0.2, 0.25) is 0 Å². The SMILES string of the molecule is O=C(O)C1CCc2c(COc3ccc(-c4ccn[nH]4)nc3)cccc2O1. The summed E-state index contributed by atoms with van der Waals surface area (Å²) in [6.07, 6.45) is 3.68.